The molecule has 5 heteroatoms. The van der Waals surface area contributed by atoms with Crippen molar-refractivity contribution in [1.29, 1.82) is 0 Å². The van der Waals surface area contributed by atoms with Crippen molar-refractivity contribution < 1.29 is 14.3 Å². The van der Waals surface area contributed by atoms with Gasteiger partial charge in [-0.2, -0.15) is 0 Å². The Bertz CT molecular complexity index is 416. The topological polar surface area (TPSA) is 58.6 Å². The number of hydrogen-bond acceptors (Lipinski definition) is 4. The van der Waals surface area contributed by atoms with Gasteiger partial charge < -0.3 is 15.0 Å². The number of hydrogen-bond donors (Lipinski definition) is 1. The number of carbonyl (C=O) groups is 2. The Kier molecular flexibility index (Phi) is 9.47. The summed E-state index contributed by atoms with van der Waals surface area (Å²) in [4.78, 5) is 24.1. The summed E-state index contributed by atoms with van der Waals surface area (Å²) in [5.74, 6) is 0.323. The van der Waals surface area contributed by atoms with Crippen LogP contribution in [0.1, 0.15) is 79.6 Å². The minimum Gasteiger partial charge on any atom is -0.468 e. The number of fused-ring (bicyclic) bond motifs is 1. The van der Waals surface area contributed by atoms with Gasteiger partial charge in [-0.25, -0.2) is 0 Å². The normalized spacial score (nSPS) is 27.6. The molecule has 0 aromatic carbocycles. The molecule has 4 unspecified atom stereocenters. The molecule has 0 aromatic rings. The monoisotopic (exact) mass is 354 g/mol. The van der Waals surface area contributed by atoms with E-state index in [2.05, 4.69) is 35.7 Å². The predicted octanol–water partition coefficient (Wildman–Crippen LogP) is 3.51. The van der Waals surface area contributed by atoms with Gasteiger partial charge in [0.25, 0.3) is 6.47 Å². The molecule has 4 atom stereocenters. The summed E-state index contributed by atoms with van der Waals surface area (Å²) in [6.07, 6.45) is 8.64. The van der Waals surface area contributed by atoms with E-state index in [9.17, 15) is 9.59 Å². The molecule has 5 nitrogen and oxygen atoms in total. The Morgan fingerprint density at radius 1 is 1.32 bits per heavy atom. The maximum atomic E-state index is 12.7. The second-order valence-corrected chi connectivity index (χ2v) is 7.83. The van der Waals surface area contributed by atoms with Crippen LogP contribution in [0.15, 0.2) is 0 Å². The lowest BCUT2D eigenvalue weighted by atomic mass is 9.72. The Balaban J connectivity index is 0.000000550. The van der Waals surface area contributed by atoms with Crippen LogP contribution in [0.25, 0.3) is 0 Å². The summed E-state index contributed by atoms with van der Waals surface area (Å²) in [5, 5.41) is 3.47. The van der Waals surface area contributed by atoms with Crippen LogP contribution in [0, 0.1) is 5.41 Å². The zero-order chi connectivity index (χ0) is 18.9. The molecular formula is C20H38N2O3. The molecule has 0 spiro atoms. The second kappa shape index (κ2) is 10.8. The molecule has 0 aromatic heterocycles. The number of amides is 1. The SMILES string of the molecule is CCCC(C)NC(C)C(=O)N1CCC2(C)CCCCC12.CCOC=O. The zero-order valence-electron chi connectivity index (χ0n) is 16.8. The fourth-order valence-corrected chi connectivity index (χ4v) is 4.33. The molecule has 1 aliphatic carbocycles. The van der Waals surface area contributed by atoms with Crippen molar-refractivity contribution in [2.45, 2.75) is 97.7 Å². The van der Waals surface area contributed by atoms with E-state index in [1.165, 1.54) is 38.5 Å². The molecule has 1 saturated carbocycles. The smallest absolute Gasteiger partial charge is 0.293 e. The number of nitrogens with zero attached hydrogens (tertiary/aromatic N) is 1. The van der Waals surface area contributed by atoms with Crippen molar-refractivity contribution in [2.75, 3.05) is 13.2 Å². The molecular weight excluding hydrogens is 316 g/mol. The summed E-state index contributed by atoms with van der Waals surface area (Å²) in [5.41, 5.74) is 0.392. The summed E-state index contributed by atoms with van der Waals surface area (Å²) < 4.78 is 4.15. The maximum absolute atomic E-state index is 12.7. The average molecular weight is 355 g/mol. The number of ether oxygens (including phenoxy) is 1. The third-order valence-corrected chi connectivity index (χ3v) is 5.72. The molecule has 2 aliphatic rings. The van der Waals surface area contributed by atoms with Crippen molar-refractivity contribution in [3.8, 4) is 0 Å². The first-order valence-electron chi connectivity index (χ1n) is 10.0. The molecule has 1 amide bonds. The fourth-order valence-electron chi connectivity index (χ4n) is 4.33. The summed E-state index contributed by atoms with van der Waals surface area (Å²) in [7, 11) is 0. The van der Waals surface area contributed by atoms with Crippen LogP contribution in [0.2, 0.25) is 0 Å². The molecule has 1 heterocycles. The molecule has 2 fully saturated rings. The summed E-state index contributed by atoms with van der Waals surface area (Å²) in [6, 6.07) is 0.884. The van der Waals surface area contributed by atoms with E-state index in [1.807, 2.05) is 6.92 Å². The predicted molar refractivity (Wildman–Crippen MR) is 101 cm³/mol. The van der Waals surface area contributed by atoms with Gasteiger partial charge in [-0.1, -0.05) is 33.1 Å². The van der Waals surface area contributed by atoms with E-state index in [0.29, 0.717) is 36.5 Å². The lowest BCUT2D eigenvalue weighted by Crippen LogP contribution is -2.51. The lowest BCUT2D eigenvalue weighted by molar-refractivity contribution is -0.135. The van der Waals surface area contributed by atoms with Gasteiger partial charge in [0.05, 0.1) is 12.6 Å². The van der Waals surface area contributed by atoms with E-state index in [0.717, 1.165) is 13.0 Å². The van der Waals surface area contributed by atoms with Gasteiger partial charge >= 0.3 is 0 Å². The maximum Gasteiger partial charge on any atom is 0.293 e. The second-order valence-electron chi connectivity index (χ2n) is 7.83. The Morgan fingerprint density at radius 2 is 2.04 bits per heavy atom. The van der Waals surface area contributed by atoms with E-state index in [4.69, 9.17) is 0 Å². The molecule has 146 valence electrons. The van der Waals surface area contributed by atoms with E-state index < -0.39 is 0 Å². The number of nitrogens with one attached hydrogen (secondary N) is 1. The highest BCUT2D eigenvalue weighted by atomic mass is 16.5. The third-order valence-electron chi connectivity index (χ3n) is 5.72. The Morgan fingerprint density at radius 3 is 2.60 bits per heavy atom. The molecule has 1 saturated heterocycles. The van der Waals surface area contributed by atoms with Gasteiger partial charge in [0.15, 0.2) is 0 Å². The van der Waals surface area contributed by atoms with Crippen LogP contribution in [0.4, 0.5) is 0 Å². The van der Waals surface area contributed by atoms with Gasteiger partial charge in [-0.3, -0.25) is 9.59 Å². The van der Waals surface area contributed by atoms with Gasteiger partial charge in [0, 0.05) is 18.6 Å². The minimum atomic E-state index is -0.0409. The van der Waals surface area contributed by atoms with E-state index in [-0.39, 0.29) is 6.04 Å². The van der Waals surface area contributed by atoms with Crippen LogP contribution >= 0.6 is 0 Å². The first-order valence-corrected chi connectivity index (χ1v) is 10.0. The molecule has 2 rings (SSSR count). The zero-order valence-corrected chi connectivity index (χ0v) is 16.8. The van der Waals surface area contributed by atoms with Gasteiger partial charge in [0.1, 0.15) is 0 Å². The number of likely N-dealkylation sites (tertiary alicyclic amines) is 1. The Labute approximate surface area is 153 Å². The molecule has 0 radical (unpaired) electrons. The lowest BCUT2D eigenvalue weighted by Gasteiger charge is -2.40. The van der Waals surface area contributed by atoms with Gasteiger partial charge in [-0.15, -0.1) is 0 Å². The minimum absolute atomic E-state index is 0.0409. The van der Waals surface area contributed by atoms with Crippen molar-refractivity contribution in [1.82, 2.24) is 10.2 Å². The average Bonchev–Trinajstić information content (AvgIpc) is 2.93. The van der Waals surface area contributed by atoms with Gasteiger partial charge in [-0.05, 0) is 51.9 Å². The molecule has 25 heavy (non-hydrogen) atoms. The van der Waals surface area contributed by atoms with Crippen LogP contribution in [0.3, 0.4) is 0 Å². The van der Waals surface area contributed by atoms with Crippen LogP contribution in [-0.2, 0) is 14.3 Å². The number of rotatable bonds is 7. The van der Waals surface area contributed by atoms with Crippen molar-refractivity contribution >= 4 is 12.4 Å². The van der Waals surface area contributed by atoms with Gasteiger partial charge in [0.2, 0.25) is 5.91 Å². The third kappa shape index (κ3) is 6.28. The highest BCUT2D eigenvalue weighted by molar-refractivity contribution is 5.82. The summed E-state index contributed by atoms with van der Waals surface area (Å²) in [6.45, 7) is 12.4. The highest BCUT2D eigenvalue weighted by Gasteiger charge is 2.47. The fraction of sp³-hybridized carbons (Fsp3) is 0.900. The Hall–Kier alpha value is -1.10. The van der Waals surface area contributed by atoms with Crippen LogP contribution in [-0.4, -0.2) is 48.6 Å². The first kappa shape index (κ1) is 21.9. The first-order chi connectivity index (χ1) is 11.9. The highest BCUT2D eigenvalue weighted by Crippen LogP contribution is 2.46. The standard InChI is InChI=1S/C17H32N2O.C3H6O2/c1-5-8-13(2)18-14(3)16(20)19-12-11-17(4)10-7-6-9-15(17)19;1-2-5-3-4/h13-15,18H,5-12H2,1-4H3;3H,2H2,1H3. The molecule has 1 N–H and O–H groups in total. The van der Waals surface area contributed by atoms with Crippen LogP contribution < -0.4 is 5.32 Å². The molecule has 0 bridgehead atoms. The molecule has 1 aliphatic heterocycles. The van der Waals surface area contributed by atoms with Crippen LogP contribution in [0.5, 0.6) is 0 Å². The largest absolute Gasteiger partial charge is 0.468 e. The van der Waals surface area contributed by atoms with Crippen molar-refractivity contribution in [2.24, 2.45) is 5.41 Å². The quantitative estimate of drug-likeness (QED) is 0.711. The summed E-state index contributed by atoms with van der Waals surface area (Å²) >= 11 is 0. The van der Waals surface area contributed by atoms with Crippen molar-refractivity contribution in [3.63, 3.8) is 0 Å². The van der Waals surface area contributed by atoms with Crippen molar-refractivity contribution in [3.05, 3.63) is 0 Å². The number of carbonyl (C=O) groups excluding carboxylic acids is 2. The van der Waals surface area contributed by atoms with E-state index >= 15 is 0 Å². The van der Waals surface area contributed by atoms with E-state index in [1.54, 1.807) is 6.92 Å².